The Balaban J connectivity index is 0.000000647. The van der Waals surface area contributed by atoms with Crippen molar-refractivity contribution in [1.29, 1.82) is 0 Å². The van der Waals surface area contributed by atoms with Crippen LogP contribution in [0.5, 0.6) is 0 Å². The molecule has 51 heavy (non-hydrogen) atoms. The predicted octanol–water partition coefficient (Wildman–Crippen LogP) is 1.89. The van der Waals surface area contributed by atoms with Crippen LogP contribution in [-0.4, -0.2) is 75.4 Å². The van der Waals surface area contributed by atoms with Crippen LogP contribution < -0.4 is 16.0 Å². The molecule has 0 radical (unpaired) electrons. The highest BCUT2D eigenvalue weighted by molar-refractivity contribution is 7.59. The first-order valence-corrected chi connectivity index (χ1v) is 19.0. The third-order valence-electron chi connectivity index (χ3n) is 7.61. The van der Waals surface area contributed by atoms with Gasteiger partial charge in [0.2, 0.25) is 11.8 Å². The van der Waals surface area contributed by atoms with Crippen LogP contribution in [0, 0.1) is 11.8 Å². The van der Waals surface area contributed by atoms with E-state index >= 15 is 0 Å². The van der Waals surface area contributed by atoms with Crippen molar-refractivity contribution in [2.24, 2.45) is 11.8 Å². The van der Waals surface area contributed by atoms with Gasteiger partial charge in [0, 0.05) is 19.0 Å². The first-order chi connectivity index (χ1) is 24.3. The predicted molar refractivity (Wildman–Crippen MR) is 183 cm³/mol. The third-order valence-corrected chi connectivity index (χ3v) is 7.61. The molecule has 2 aromatic carbocycles. The van der Waals surface area contributed by atoms with Gasteiger partial charge in [0.05, 0.1) is 19.1 Å². The zero-order valence-electron chi connectivity index (χ0n) is 28.2. The Morgan fingerprint density at radius 3 is 1.31 bits per heavy atom. The van der Waals surface area contributed by atoms with Crippen molar-refractivity contribution in [3.63, 3.8) is 0 Å². The van der Waals surface area contributed by atoms with Gasteiger partial charge < -0.3 is 20.7 Å². The Labute approximate surface area is 302 Å². The molecule has 2 aliphatic carbocycles. The molecule has 3 fully saturated rings. The molecule has 1 heterocycles. The van der Waals surface area contributed by atoms with Gasteiger partial charge in [0.25, 0.3) is 0 Å². The molecule has 1 saturated heterocycles. The zero-order valence-corrected chi connectivity index (χ0v) is 30.7. The average Bonchev–Trinajstić information content (AvgIpc) is 3.91. The van der Waals surface area contributed by atoms with Gasteiger partial charge in [0.1, 0.15) is 0 Å². The fraction of sp³-hybridized carbons (Fsp3) is 0.531. The summed E-state index contributed by atoms with van der Waals surface area (Å²) in [5.74, 6) is 0.823. The summed E-state index contributed by atoms with van der Waals surface area (Å²) in [7, 11) is -7.87. The van der Waals surface area contributed by atoms with E-state index in [2.05, 4.69) is 20.7 Å². The van der Waals surface area contributed by atoms with E-state index in [1.807, 2.05) is 60.7 Å². The van der Waals surface area contributed by atoms with Crippen LogP contribution in [0.25, 0.3) is 0 Å². The molecule has 0 unspecified atom stereocenters. The van der Waals surface area contributed by atoms with Gasteiger partial charge in [-0.15, -0.1) is 37.9 Å². The minimum atomic E-state index is -3.11. The van der Waals surface area contributed by atoms with E-state index in [-0.39, 0.29) is 35.7 Å². The molecule has 19 heteroatoms. The second kappa shape index (κ2) is 29.4. The van der Waals surface area contributed by atoms with Gasteiger partial charge in [-0.3, -0.25) is 14.4 Å². The number of amides is 2. The first-order valence-electron chi connectivity index (χ1n) is 16.0. The number of hydrogen-bond acceptors (Lipinski definition) is 14. The van der Waals surface area contributed by atoms with E-state index in [0.717, 1.165) is 50.6 Å². The van der Waals surface area contributed by atoms with Crippen LogP contribution in [0.4, 0.5) is 0 Å². The Morgan fingerprint density at radius 1 is 0.588 bits per heavy atom. The second-order valence-electron chi connectivity index (χ2n) is 11.2. The maximum Gasteiger partial charge on any atom is 0.425 e. The highest BCUT2D eigenvalue weighted by atomic mass is 32.2. The van der Waals surface area contributed by atoms with E-state index < -0.39 is 31.8 Å². The van der Waals surface area contributed by atoms with Crippen molar-refractivity contribution < 1.29 is 57.0 Å². The summed E-state index contributed by atoms with van der Waals surface area (Å²) in [5, 5.41) is 9.12. The maximum absolute atomic E-state index is 11.7. The molecule has 0 spiro atoms. The van der Waals surface area contributed by atoms with E-state index in [4.69, 9.17) is 37.9 Å². The number of carbonyl (C=O) groups excluding carboxylic acids is 3. The molecular formula is C32H45N3O13S3. The smallest absolute Gasteiger partial charge is 0.425 e. The third kappa shape index (κ3) is 27.1. The molecule has 3 N–H and O–H groups in total. The first kappa shape index (κ1) is 46.7. The van der Waals surface area contributed by atoms with E-state index in [0.29, 0.717) is 13.1 Å². The Morgan fingerprint density at radius 2 is 0.961 bits per heavy atom. The molecule has 3 aliphatic rings. The molecule has 2 amide bonds. The monoisotopic (exact) mass is 775 g/mol. The molecule has 284 valence electrons. The van der Waals surface area contributed by atoms with Crippen molar-refractivity contribution >= 4 is 49.6 Å². The molecule has 2 aromatic rings. The number of methoxy groups -OCH3 is 1. The fourth-order valence-corrected chi connectivity index (χ4v) is 5.26. The van der Waals surface area contributed by atoms with Crippen molar-refractivity contribution in [2.45, 2.75) is 83.3 Å². The van der Waals surface area contributed by atoms with Crippen LogP contribution in [0.2, 0.25) is 0 Å². The normalized spacial score (nSPS) is 15.7. The van der Waals surface area contributed by atoms with E-state index in [9.17, 15) is 14.4 Å². The largest absolute Gasteiger partial charge is 0.469 e. The van der Waals surface area contributed by atoms with Gasteiger partial charge in [-0.2, -0.15) is 0 Å². The lowest BCUT2D eigenvalue weighted by molar-refractivity contribution is -0.145. The van der Waals surface area contributed by atoms with Gasteiger partial charge in [0.15, 0.2) is 0 Å². The second-order valence-corrected chi connectivity index (χ2v) is 12.4. The summed E-state index contributed by atoms with van der Waals surface area (Å²) >= 11 is 0. The molecule has 2 saturated carbocycles. The Hall–Kier alpha value is -4.33. The minimum Gasteiger partial charge on any atom is -0.469 e. The lowest BCUT2D eigenvalue weighted by Gasteiger charge is -2.10. The maximum atomic E-state index is 11.7. The van der Waals surface area contributed by atoms with Crippen molar-refractivity contribution in [3.8, 4) is 0 Å². The summed E-state index contributed by atoms with van der Waals surface area (Å²) in [5.41, 5.74) is 2.31. The molecule has 0 aromatic heterocycles. The quantitative estimate of drug-likeness (QED) is 0.340. The number of esters is 1. The Kier molecular flexibility index (Phi) is 26.9. The number of hydrogen-bond donors (Lipinski definition) is 3. The standard InChI is InChI=1S/C13H17NO.C12H16N2O.C7H12O2.3O3S/c15-13(12-8-4-5-9-12)14-10-11-6-2-1-3-7-11;15-12(11-7-4-8-13-11)14-9-10-5-2-1-3-6-10;1-9-7(8)6-4-2-3-5-6;3*1-4(2)3/h1-3,6-7,12H,4-5,8-10H2,(H,14,15);1-3,5-6,11,13H,4,7-9H2,(H,14,15);6H,2-5H2,1H3;;;/t;11-;;;;/m.0..../s1. The summed E-state index contributed by atoms with van der Waals surface area (Å²) < 4.78 is 80.6. The summed E-state index contributed by atoms with van der Waals surface area (Å²) in [6.07, 6.45) is 11.1. The van der Waals surface area contributed by atoms with Gasteiger partial charge in [-0.05, 0) is 56.2 Å². The van der Waals surface area contributed by atoms with Crippen molar-refractivity contribution in [3.05, 3.63) is 71.8 Å². The lowest BCUT2D eigenvalue weighted by atomic mass is 10.1. The van der Waals surface area contributed by atoms with Crippen LogP contribution in [0.1, 0.15) is 75.3 Å². The van der Waals surface area contributed by atoms with Crippen LogP contribution in [0.15, 0.2) is 60.7 Å². The summed E-state index contributed by atoms with van der Waals surface area (Å²) in [4.78, 5) is 34.1. The molecule has 16 nitrogen and oxygen atoms in total. The topological polar surface area (TPSA) is 250 Å². The van der Waals surface area contributed by atoms with Crippen molar-refractivity contribution in [1.82, 2.24) is 16.0 Å². The highest BCUT2D eigenvalue weighted by Gasteiger charge is 2.23. The molecular weight excluding hydrogens is 731 g/mol. The van der Waals surface area contributed by atoms with Gasteiger partial charge in [-0.1, -0.05) is 86.3 Å². The minimum absolute atomic E-state index is 0.0208. The van der Waals surface area contributed by atoms with E-state index in [1.54, 1.807) is 0 Å². The van der Waals surface area contributed by atoms with Gasteiger partial charge in [-0.25, -0.2) is 0 Å². The average molecular weight is 776 g/mol. The zero-order chi connectivity index (χ0) is 38.4. The Bertz CT molecular complexity index is 1470. The molecule has 1 aliphatic heterocycles. The number of ether oxygens (including phenoxy) is 1. The van der Waals surface area contributed by atoms with Crippen LogP contribution in [-0.2, 0) is 64.0 Å². The number of nitrogens with one attached hydrogen (secondary N) is 3. The van der Waals surface area contributed by atoms with Crippen LogP contribution in [0.3, 0.4) is 0 Å². The van der Waals surface area contributed by atoms with Gasteiger partial charge >= 0.3 is 37.8 Å². The molecule has 1 atom stereocenters. The summed E-state index contributed by atoms with van der Waals surface area (Å²) in [6, 6.07) is 20.0. The van der Waals surface area contributed by atoms with Crippen molar-refractivity contribution in [2.75, 3.05) is 13.7 Å². The summed E-state index contributed by atoms with van der Waals surface area (Å²) in [6.45, 7) is 2.25. The number of benzene rings is 2. The number of carbonyl (C=O) groups is 3. The van der Waals surface area contributed by atoms with E-state index in [1.165, 1.54) is 38.4 Å². The SMILES string of the molecule is COC(=O)C1CCCC1.O=C(NCc1ccccc1)C1CCCC1.O=C(NCc1ccccc1)[C@@H]1CCCN1.O=S(=O)=O.O=S(=O)=O.O=S(=O)=O. The molecule has 0 bridgehead atoms. The van der Waals surface area contributed by atoms with Crippen LogP contribution >= 0.6 is 0 Å². The highest BCUT2D eigenvalue weighted by Crippen LogP contribution is 2.25. The lowest BCUT2D eigenvalue weighted by Crippen LogP contribution is -2.39. The fourth-order valence-electron chi connectivity index (χ4n) is 5.26. The molecule has 5 rings (SSSR count). The number of rotatable bonds is 7.